The summed E-state index contributed by atoms with van der Waals surface area (Å²) in [6.45, 7) is 6.95. The fourth-order valence-corrected chi connectivity index (χ4v) is 3.06. The van der Waals surface area contributed by atoms with Crippen LogP contribution in [0.2, 0.25) is 0 Å². The minimum atomic E-state index is -0.590. The second-order valence-electron chi connectivity index (χ2n) is 6.61. The quantitative estimate of drug-likeness (QED) is 0.707. The van der Waals surface area contributed by atoms with E-state index in [2.05, 4.69) is 23.6 Å². The van der Waals surface area contributed by atoms with E-state index in [1.165, 1.54) is 0 Å². The van der Waals surface area contributed by atoms with Crippen LogP contribution in [0.25, 0.3) is 11.0 Å². The summed E-state index contributed by atoms with van der Waals surface area (Å²) in [6, 6.07) is 14.2. The summed E-state index contributed by atoms with van der Waals surface area (Å²) < 4.78 is 7.98. The van der Waals surface area contributed by atoms with Crippen LogP contribution in [0.5, 0.6) is 5.75 Å². The van der Waals surface area contributed by atoms with Crippen molar-refractivity contribution in [3.05, 3.63) is 59.4 Å². The largest absolute Gasteiger partial charge is 0.491 e. The van der Waals surface area contributed by atoms with Crippen molar-refractivity contribution in [2.45, 2.75) is 46.3 Å². The molecule has 4 heteroatoms. The number of aliphatic hydroxyl groups excluding tert-OH is 1. The van der Waals surface area contributed by atoms with Gasteiger partial charge in [0.25, 0.3) is 0 Å². The highest BCUT2D eigenvalue weighted by Crippen LogP contribution is 2.21. The summed E-state index contributed by atoms with van der Waals surface area (Å²) in [4.78, 5) is 4.71. The lowest BCUT2D eigenvalue weighted by Crippen LogP contribution is -2.24. The van der Waals surface area contributed by atoms with Crippen molar-refractivity contribution in [1.29, 1.82) is 0 Å². The Hall–Kier alpha value is -2.33. The van der Waals surface area contributed by atoms with Crippen LogP contribution >= 0.6 is 0 Å². The van der Waals surface area contributed by atoms with E-state index in [1.54, 1.807) is 0 Å². The van der Waals surface area contributed by atoms with Gasteiger partial charge in [-0.05, 0) is 49.6 Å². The van der Waals surface area contributed by atoms with Crippen molar-refractivity contribution < 1.29 is 9.84 Å². The molecule has 3 aromatic rings. The Morgan fingerprint density at radius 2 is 1.96 bits per heavy atom. The molecule has 0 aliphatic rings. The maximum Gasteiger partial charge on any atom is 0.122 e. The Bertz CT molecular complexity index is 854. The lowest BCUT2D eigenvalue weighted by Gasteiger charge is -2.17. The van der Waals surface area contributed by atoms with E-state index in [0.717, 1.165) is 46.6 Å². The Morgan fingerprint density at radius 3 is 2.76 bits per heavy atom. The van der Waals surface area contributed by atoms with Gasteiger partial charge in [-0.1, -0.05) is 31.2 Å². The molecule has 0 aliphatic heterocycles. The summed E-state index contributed by atoms with van der Waals surface area (Å²) in [7, 11) is 0. The third-order valence-electron chi connectivity index (χ3n) is 4.38. The van der Waals surface area contributed by atoms with E-state index < -0.39 is 6.10 Å². The van der Waals surface area contributed by atoms with Gasteiger partial charge in [0, 0.05) is 6.42 Å². The summed E-state index contributed by atoms with van der Waals surface area (Å²) in [5.74, 6) is 1.86. The molecule has 0 fully saturated rings. The Balaban J connectivity index is 1.74. The molecule has 2 aromatic carbocycles. The Labute approximate surface area is 149 Å². The van der Waals surface area contributed by atoms with Gasteiger partial charge in [-0.25, -0.2) is 4.98 Å². The molecule has 4 nitrogen and oxygen atoms in total. The standard InChI is InChI=1S/C21H26N2O2/c1-4-7-21-22-18-8-5-6-9-19(18)23(21)13-17(24)14-25-20-12-15(2)10-11-16(20)3/h5-6,8-12,17,24H,4,7,13-14H2,1-3H3. The van der Waals surface area contributed by atoms with Gasteiger partial charge < -0.3 is 14.4 Å². The molecule has 0 bridgehead atoms. The molecule has 1 unspecified atom stereocenters. The number of hydrogen-bond acceptors (Lipinski definition) is 3. The predicted octanol–water partition coefficient (Wildman–Crippen LogP) is 4.05. The molecular formula is C21H26N2O2. The second kappa shape index (κ2) is 7.70. The number of ether oxygens (including phenoxy) is 1. The van der Waals surface area contributed by atoms with Gasteiger partial charge in [0.15, 0.2) is 0 Å². The van der Waals surface area contributed by atoms with E-state index in [4.69, 9.17) is 9.72 Å². The van der Waals surface area contributed by atoms with Crippen LogP contribution in [-0.4, -0.2) is 27.4 Å². The van der Waals surface area contributed by atoms with Gasteiger partial charge in [-0.15, -0.1) is 0 Å². The van der Waals surface area contributed by atoms with Crippen LogP contribution in [0.4, 0.5) is 0 Å². The van der Waals surface area contributed by atoms with E-state index in [1.807, 2.05) is 44.2 Å². The number of hydrogen-bond donors (Lipinski definition) is 1. The van der Waals surface area contributed by atoms with Crippen molar-refractivity contribution in [3.8, 4) is 5.75 Å². The third kappa shape index (κ3) is 4.02. The topological polar surface area (TPSA) is 47.3 Å². The maximum absolute atomic E-state index is 10.5. The number of aryl methyl sites for hydroxylation is 3. The zero-order chi connectivity index (χ0) is 17.8. The lowest BCUT2D eigenvalue weighted by molar-refractivity contribution is 0.0923. The van der Waals surface area contributed by atoms with Crippen LogP contribution in [0, 0.1) is 13.8 Å². The van der Waals surface area contributed by atoms with Crippen molar-refractivity contribution in [2.24, 2.45) is 0 Å². The number of fused-ring (bicyclic) bond motifs is 1. The molecule has 0 radical (unpaired) electrons. The van der Waals surface area contributed by atoms with Gasteiger partial charge in [0.05, 0.1) is 17.6 Å². The first-order chi connectivity index (χ1) is 12.1. The number of nitrogens with zero attached hydrogens (tertiary/aromatic N) is 2. The van der Waals surface area contributed by atoms with Crippen molar-refractivity contribution in [2.75, 3.05) is 6.61 Å². The van der Waals surface area contributed by atoms with Gasteiger partial charge in [-0.2, -0.15) is 0 Å². The summed E-state index contributed by atoms with van der Waals surface area (Å²) in [5, 5.41) is 10.5. The van der Waals surface area contributed by atoms with Crippen LogP contribution in [-0.2, 0) is 13.0 Å². The van der Waals surface area contributed by atoms with E-state index in [0.29, 0.717) is 6.54 Å². The van der Waals surface area contributed by atoms with Crippen LogP contribution < -0.4 is 4.74 Å². The van der Waals surface area contributed by atoms with Gasteiger partial charge in [0.2, 0.25) is 0 Å². The molecule has 132 valence electrons. The number of imidazole rings is 1. The van der Waals surface area contributed by atoms with Crippen molar-refractivity contribution in [3.63, 3.8) is 0 Å². The lowest BCUT2D eigenvalue weighted by atomic mass is 10.1. The molecule has 0 saturated carbocycles. The van der Waals surface area contributed by atoms with Crippen molar-refractivity contribution in [1.82, 2.24) is 9.55 Å². The SMILES string of the molecule is CCCc1nc2ccccc2n1CC(O)COc1cc(C)ccc1C. The average Bonchev–Trinajstić information content (AvgIpc) is 2.94. The molecule has 25 heavy (non-hydrogen) atoms. The molecule has 1 atom stereocenters. The normalized spacial score (nSPS) is 12.5. The first-order valence-corrected chi connectivity index (χ1v) is 8.90. The number of aromatic nitrogens is 2. The highest BCUT2D eigenvalue weighted by Gasteiger charge is 2.14. The van der Waals surface area contributed by atoms with Crippen LogP contribution in [0.1, 0.15) is 30.3 Å². The summed E-state index contributed by atoms with van der Waals surface area (Å²) in [6.07, 6.45) is 1.34. The molecule has 1 N–H and O–H groups in total. The van der Waals surface area contributed by atoms with Gasteiger partial charge >= 0.3 is 0 Å². The minimum Gasteiger partial charge on any atom is -0.491 e. The molecule has 3 rings (SSSR count). The molecule has 1 heterocycles. The van der Waals surface area contributed by atoms with Crippen LogP contribution in [0.3, 0.4) is 0 Å². The molecule has 0 amide bonds. The number of aliphatic hydroxyl groups is 1. The minimum absolute atomic E-state index is 0.266. The zero-order valence-electron chi connectivity index (χ0n) is 15.2. The maximum atomic E-state index is 10.5. The van der Waals surface area contributed by atoms with Crippen molar-refractivity contribution >= 4 is 11.0 Å². The first-order valence-electron chi connectivity index (χ1n) is 8.90. The number of rotatable bonds is 7. The zero-order valence-corrected chi connectivity index (χ0v) is 15.2. The van der Waals surface area contributed by atoms with E-state index in [-0.39, 0.29) is 6.61 Å². The van der Waals surface area contributed by atoms with Crippen LogP contribution in [0.15, 0.2) is 42.5 Å². The monoisotopic (exact) mass is 338 g/mol. The molecule has 0 spiro atoms. The van der Waals surface area contributed by atoms with E-state index >= 15 is 0 Å². The highest BCUT2D eigenvalue weighted by atomic mass is 16.5. The summed E-state index contributed by atoms with van der Waals surface area (Å²) >= 11 is 0. The number of para-hydroxylation sites is 2. The Morgan fingerprint density at radius 1 is 1.16 bits per heavy atom. The van der Waals surface area contributed by atoms with Gasteiger partial charge in [0.1, 0.15) is 24.3 Å². The fourth-order valence-electron chi connectivity index (χ4n) is 3.06. The third-order valence-corrected chi connectivity index (χ3v) is 4.38. The molecule has 1 aromatic heterocycles. The first kappa shape index (κ1) is 17.5. The smallest absolute Gasteiger partial charge is 0.122 e. The Kier molecular flexibility index (Phi) is 5.39. The fraction of sp³-hybridized carbons (Fsp3) is 0.381. The highest BCUT2D eigenvalue weighted by molar-refractivity contribution is 5.75. The molecule has 0 aliphatic carbocycles. The number of benzene rings is 2. The molecule has 0 saturated heterocycles. The molecular weight excluding hydrogens is 312 g/mol. The average molecular weight is 338 g/mol. The van der Waals surface area contributed by atoms with Gasteiger partial charge in [-0.3, -0.25) is 0 Å². The van der Waals surface area contributed by atoms with E-state index in [9.17, 15) is 5.11 Å². The second-order valence-corrected chi connectivity index (χ2v) is 6.61. The predicted molar refractivity (Wildman–Crippen MR) is 101 cm³/mol. The summed E-state index contributed by atoms with van der Waals surface area (Å²) in [5.41, 5.74) is 4.28.